The lowest BCUT2D eigenvalue weighted by Crippen LogP contribution is -2.42. The molecule has 3 aromatic rings. The Morgan fingerprint density at radius 3 is 2.68 bits per heavy atom. The van der Waals surface area contributed by atoms with E-state index in [0.717, 1.165) is 53.3 Å². The third-order valence-electron chi connectivity index (χ3n) is 6.38. The summed E-state index contributed by atoms with van der Waals surface area (Å²) in [5.41, 5.74) is 3.03. The minimum atomic E-state index is -0.184. The van der Waals surface area contributed by atoms with Crippen LogP contribution >= 0.6 is 0 Å². The highest BCUT2D eigenvalue weighted by Crippen LogP contribution is 2.34. The molecule has 1 fully saturated rings. The molecule has 0 bridgehead atoms. The zero-order valence-electron chi connectivity index (χ0n) is 20.7. The van der Waals surface area contributed by atoms with Crippen molar-refractivity contribution in [1.82, 2.24) is 14.5 Å². The molecule has 0 aliphatic carbocycles. The zero-order valence-corrected chi connectivity index (χ0v) is 20.7. The van der Waals surface area contributed by atoms with Gasteiger partial charge in [-0.2, -0.15) is 0 Å². The van der Waals surface area contributed by atoms with Crippen molar-refractivity contribution in [2.24, 2.45) is 0 Å². The minimum Gasteiger partial charge on any atom is -0.493 e. The van der Waals surface area contributed by atoms with E-state index in [4.69, 9.17) is 14.5 Å². The second-order valence-corrected chi connectivity index (χ2v) is 9.87. The number of hydrogen-bond acceptors (Lipinski definition) is 4. The molecule has 0 spiro atoms. The van der Waals surface area contributed by atoms with Crippen molar-refractivity contribution in [3.63, 3.8) is 0 Å². The van der Waals surface area contributed by atoms with E-state index in [9.17, 15) is 4.79 Å². The minimum absolute atomic E-state index is 0.0949. The molecule has 6 heteroatoms. The number of aromatic nitrogens is 2. The van der Waals surface area contributed by atoms with Crippen LogP contribution in [0.15, 0.2) is 55.1 Å². The van der Waals surface area contributed by atoms with Crippen LogP contribution in [0.5, 0.6) is 11.5 Å². The zero-order chi connectivity index (χ0) is 24.3. The highest BCUT2D eigenvalue weighted by atomic mass is 16.5. The molecule has 1 unspecified atom stereocenters. The van der Waals surface area contributed by atoms with E-state index in [1.54, 1.807) is 7.11 Å². The largest absolute Gasteiger partial charge is 0.493 e. The lowest BCUT2D eigenvalue weighted by atomic mass is 10.1. The number of aryl methyl sites for hydroxylation is 1. The summed E-state index contributed by atoms with van der Waals surface area (Å²) >= 11 is 0. The first-order valence-corrected chi connectivity index (χ1v) is 12.0. The van der Waals surface area contributed by atoms with Gasteiger partial charge in [-0.25, -0.2) is 4.98 Å². The summed E-state index contributed by atoms with van der Waals surface area (Å²) in [4.78, 5) is 19.7. The van der Waals surface area contributed by atoms with Gasteiger partial charge in [-0.1, -0.05) is 24.3 Å². The predicted molar refractivity (Wildman–Crippen MR) is 136 cm³/mol. The molecule has 1 amide bonds. The van der Waals surface area contributed by atoms with Gasteiger partial charge in [-0.15, -0.1) is 6.58 Å². The van der Waals surface area contributed by atoms with Gasteiger partial charge in [0, 0.05) is 31.0 Å². The summed E-state index contributed by atoms with van der Waals surface area (Å²) in [5.74, 6) is 2.77. The average Bonchev–Trinajstić information content (AvgIpc) is 3.38. The number of fused-ring (bicyclic) bond motifs is 1. The predicted octanol–water partition coefficient (Wildman–Crippen LogP) is 5.36. The van der Waals surface area contributed by atoms with E-state index < -0.39 is 0 Å². The first-order chi connectivity index (χ1) is 16.3. The number of carbonyl (C=O) groups is 1. The number of hydrogen-bond donors (Lipinski definition) is 0. The summed E-state index contributed by atoms with van der Waals surface area (Å²) in [7, 11) is 1.66. The van der Waals surface area contributed by atoms with Crippen LogP contribution in [0.4, 0.5) is 0 Å². The molecule has 2 heterocycles. The van der Waals surface area contributed by atoms with Gasteiger partial charge in [0.2, 0.25) is 5.91 Å². The summed E-state index contributed by atoms with van der Waals surface area (Å²) in [6.45, 7) is 12.1. The maximum Gasteiger partial charge on any atom is 0.223 e. The van der Waals surface area contributed by atoms with E-state index >= 15 is 0 Å². The number of para-hydroxylation sites is 2. The Morgan fingerprint density at radius 1 is 1.18 bits per heavy atom. The quantitative estimate of drug-likeness (QED) is 0.318. The Kier molecular flexibility index (Phi) is 6.96. The Morgan fingerprint density at radius 2 is 1.97 bits per heavy atom. The third-order valence-corrected chi connectivity index (χ3v) is 6.38. The van der Waals surface area contributed by atoms with Gasteiger partial charge in [0.05, 0.1) is 24.8 Å². The maximum atomic E-state index is 12.7. The SMILES string of the molecule is C=CCc1ccc(OCCCn2c(C3CC(=O)N(C(C)(C)C)C3)nc3ccccc32)c(OC)c1. The van der Waals surface area contributed by atoms with E-state index in [1.807, 2.05) is 47.4 Å². The number of nitrogens with zero attached hydrogens (tertiary/aromatic N) is 3. The molecule has 1 aliphatic heterocycles. The Labute approximate surface area is 202 Å². The van der Waals surface area contributed by atoms with Gasteiger partial charge < -0.3 is 18.9 Å². The first-order valence-electron chi connectivity index (χ1n) is 12.0. The van der Waals surface area contributed by atoms with Crippen molar-refractivity contribution >= 4 is 16.9 Å². The number of carbonyl (C=O) groups excluding carboxylic acids is 1. The second-order valence-electron chi connectivity index (χ2n) is 9.87. The molecular formula is C28H35N3O3. The van der Waals surface area contributed by atoms with Crippen molar-refractivity contribution in [3.05, 3.63) is 66.5 Å². The molecule has 2 aromatic carbocycles. The summed E-state index contributed by atoms with van der Waals surface area (Å²) < 4.78 is 13.9. The molecule has 180 valence electrons. The Balaban J connectivity index is 1.48. The number of ether oxygens (including phenoxy) is 2. The van der Waals surface area contributed by atoms with Crippen LogP contribution in [-0.4, -0.2) is 46.2 Å². The van der Waals surface area contributed by atoms with Crippen molar-refractivity contribution in [2.75, 3.05) is 20.3 Å². The number of likely N-dealkylation sites (tertiary alicyclic amines) is 1. The normalized spacial score (nSPS) is 16.3. The maximum absolute atomic E-state index is 12.7. The van der Waals surface area contributed by atoms with Gasteiger partial charge in [-0.05, 0) is 63.4 Å². The van der Waals surface area contributed by atoms with Crippen LogP contribution in [-0.2, 0) is 17.8 Å². The standard InChI is InChI=1S/C28H35N3O3/c1-6-10-20-13-14-24(25(17-20)33-5)34-16-9-15-30-23-12-8-7-11-22(23)29-27(30)21-18-26(32)31(19-21)28(2,3)4/h6-8,11-14,17,21H,1,9-10,15-16,18-19H2,2-5H3. The smallest absolute Gasteiger partial charge is 0.223 e. The molecule has 1 saturated heterocycles. The summed E-state index contributed by atoms with van der Waals surface area (Å²) in [6.07, 6.45) is 3.99. The van der Waals surface area contributed by atoms with Crippen molar-refractivity contribution < 1.29 is 14.3 Å². The fraction of sp³-hybridized carbons (Fsp3) is 0.429. The van der Waals surface area contributed by atoms with Crippen molar-refractivity contribution in [1.29, 1.82) is 0 Å². The topological polar surface area (TPSA) is 56.6 Å². The molecule has 4 rings (SSSR count). The lowest BCUT2D eigenvalue weighted by Gasteiger charge is -2.32. The number of methoxy groups -OCH3 is 1. The van der Waals surface area contributed by atoms with Crippen LogP contribution in [0, 0.1) is 0 Å². The monoisotopic (exact) mass is 461 g/mol. The molecule has 0 saturated carbocycles. The molecular weight excluding hydrogens is 426 g/mol. The van der Waals surface area contributed by atoms with Crippen molar-refractivity contribution in [2.45, 2.75) is 58.0 Å². The second kappa shape index (κ2) is 9.92. The fourth-order valence-electron chi connectivity index (χ4n) is 4.70. The number of imidazole rings is 1. The van der Waals surface area contributed by atoms with Crippen molar-refractivity contribution in [3.8, 4) is 11.5 Å². The number of allylic oxidation sites excluding steroid dienone is 1. The van der Waals surface area contributed by atoms with Gasteiger partial charge in [0.1, 0.15) is 5.82 Å². The van der Waals surface area contributed by atoms with Gasteiger partial charge >= 0.3 is 0 Å². The summed E-state index contributed by atoms with van der Waals surface area (Å²) in [5, 5.41) is 0. The molecule has 34 heavy (non-hydrogen) atoms. The molecule has 1 atom stereocenters. The highest BCUT2D eigenvalue weighted by molar-refractivity contribution is 5.81. The number of rotatable bonds is 9. The lowest BCUT2D eigenvalue weighted by molar-refractivity contribution is -0.131. The van der Waals surface area contributed by atoms with Gasteiger partial charge in [0.15, 0.2) is 11.5 Å². The first kappa shape index (κ1) is 23.9. The fourth-order valence-corrected chi connectivity index (χ4v) is 4.70. The van der Waals surface area contributed by atoms with Crippen LogP contribution in [0.25, 0.3) is 11.0 Å². The van der Waals surface area contributed by atoms with Gasteiger partial charge in [0.25, 0.3) is 0 Å². The van der Waals surface area contributed by atoms with Crippen LogP contribution in [0.3, 0.4) is 0 Å². The van der Waals surface area contributed by atoms with Crippen LogP contribution in [0.1, 0.15) is 50.9 Å². The molecule has 0 N–H and O–H groups in total. The van der Waals surface area contributed by atoms with E-state index in [0.29, 0.717) is 19.6 Å². The highest BCUT2D eigenvalue weighted by Gasteiger charge is 2.38. The number of amides is 1. The number of benzene rings is 2. The third kappa shape index (κ3) is 4.96. The van der Waals surface area contributed by atoms with E-state index in [2.05, 4.69) is 38.0 Å². The molecule has 1 aromatic heterocycles. The van der Waals surface area contributed by atoms with E-state index in [1.165, 1.54) is 0 Å². The van der Waals surface area contributed by atoms with Crippen LogP contribution < -0.4 is 9.47 Å². The Hall–Kier alpha value is -3.28. The summed E-state index contributed by atoms with van der Waals surface area (Å²) in [6, 6.07) is 14.2. The van der Waals surface area contributed by atoms with E-state index in [-0.39, 0.29) is 17.4 Å². The molecule has 6 nitrogen and oxygen atoms in total. The van der Waals surface area contributed by atoms with Crippen LogP contribution in [0.2, 0.25) is 0 Å². The molecule has 0 radical (unpaired) electrons. The van der Waals surface area contributed by atoms with Gasteiger partial charge in [-0.3, -0.25) is 4.79 Å². The average molecular weight is 462 g/mol. The molecule has 1 aliphatic rings. The Bertz CT molecular complexity index is 1180.